The van der Waals surface area contributed by atoms with E-state index in [1.807, 2.05) is 42.5 Å². The molecule has 1 aromatic rings. The number of allylic oxidation sites excluding steroid dienone is 2. The normalized spacial score (nSPS) is 16.1. The number of carbonyl (C=O) groups is 1. The predicted molar refractivity (Wildman–Crippen MR) is 62.9 cm³/mol. The Labute approximate surface area is 86.5 Å². The van der Waals surface area contributed by atoms with Gasteiger partial charge >= 0.3 is 0 Å². The smallest absolute Gasteiger partial charge is 0.171 e. The van der Waals surface area contributed by atoms with Gasteiger partial charge in [-0.25, -0.2) is 10.9 Å². The molecule has 2 rings (SSSR count). The summed E-state index contributed by atoms with van der Waals surface area (Å²) in [5.74, 6) is 0.889. The standard InChI is InChI=1S/C12H12OS/c13-12(10-14-8-4-5-9-14)11-6-2-1-3-7-11/h1-9,14H,10H2. The predicted octanol–water partition coefficient (Wildman–Crippen LogP) is 2.91. The summed E-state index contributed by atoms with van der Waals surface area (Å²) in [5, 5.41) is 4.24. The Morgan fingerprint density at radius 1 is 1.07 bits per heavy atom. The van der Waals surface area contributed by atoms with Gasteiger partial charge in [0.05, 0.1) is 0 Å². The third-order valence-electron chi connectivity index (χ3n) is 2.09. The van der Waals surface area contributed by atoms with Gasteiger partial charge in [0.2, 0.25) is 0 Å². The molecule has 72 valence electrons. The molecule has 1 nitrogen and oxygen atoms in total. The third kappa shape index (κ3) is 2.15. The molecular formula is C12H12OS. The summed E-state index contributed by atoms with van der Waals surface area (Å²) in [4.78, 5) is 11.7. The zero-order valence-electron chi connectivity index (χ0n) is 7.76. The van der Waals surface area contributed by atoms with E-state index in [-0.39, 0.29) is 16.7 Å². The first-order valence-corrected chi connectivity index (χ1v) is 6.22. The van der Waals surface area contributed by atoms with Crippen molar-refractivity contribution in [1.82, 2.24) is 0 Å². The summed E-state index contributed by atoms with van der Waals surface area (Å²) >= 11 is 0. The number of carbonyl (C=O) groups excluding carboxylic acids is 1. The van der Waals surface area contributed by atoms with Crippen molar-refractivity contribution < 1.29 is 4.79 Å². The molecule has 0 saturated carbocycles. The van der Waals surface area contributed by atoms with Crippen LogP contribution in [-0.2, 0) is 0 Å². The van der Waals surface area contributed by atoms with E-state index in [1.165, 1.54) is 0 Å². The molecule has 0 amide bonds. The number of hydrogen-bond acceptors (Lipinski definition) is 1. The van der Waals surface area contributed by atoms with E-state index in [4.69, 9.17) is 0 Å². The molecular weight excluding hydrogens is 192 g/mol. The second-order valence-corrected chi connectivity index (χ2v) is 5.09. The lowest BCUT2D eigenvalue weighted by Crippen LogP contribution is -2.03. The molecule has 0 radical (unpaired) electrons. The van der Waals surface area contributed by atoms with Gasteiger partial charge in [-0.1, -0.05) is 42.5 Å². The minimum absolute atomic E-state index is 0.243. The molecule has 0 aliphatic carbocycles. The highest BCUT2D eigenvalue weighted by Crippen LogP contribution is 2.33. The van der Waals surface area contributed by atoms with Gasteiger partial charge in [-0.3, -0.25) is 4.79 Å². The van der Waals surface area contributed by atoms with E-state index < -0.39 is 0 Å². The SMILES string of the molecule is O=C(C[SH]1C=CC=C1)c1ccccc1. The Balaban J connectivity index is 2.03. The molecule has 0 spiro atoms. The van der Waals surface area contributed by atoms with E-state index >= 15 is 0 Å². The largest absolute Gasteiger partial charge is 0.293 e. The van der Waals surface area contributed by atoms with Crippen molar-refractivity contribution in [3.63, 3.8) is 0 Å². The van der Waals surface area contributed by atoms with Gasteiger partial charge in [0.25, 0.3) is 0 Å². The maximum Gasteiger partial charge on any atom is 0.171 e. The first-order chi connectivity index (χ1) is 6.86. The molecule has 0 N–H and O–H groups in total. The first kappa shape index (κ1) is 9.28. The fourth-order valence-corrected chi connectivity index (χ4v) is 2.82. The highest BCUT2D eigenvalue weighted by atomic mass is 32.2. The highest BCUT2D eigenvalue weighted by Gasteiger charge is 2.08. The van der Waals surface area contributed by atoms with Crippen LogP contribution in [0.25, 0.3) is 0 Å². The lowest BCUT2D eigenvalue weighted by molar-refractivity contribution is 0.102. The van der Waals surface area contributed by atoms with E-state index in [2.05, 4.69) is 10.8 Å². The minimum Gasteiger partial charge on any atom is -0.293 e. The van der Waals surface area contributed by atoms with Gasteiger partial charge < -0.3 is 0 Å². The average Bonchev–Trinajstić information content (AvgIpc) is 2.72. The Morgan fingerprint density at radius 3 is 2.36 bits per heavy atom. The number of hydrogen-bond donors (Lipinski definition) is 1. The van der Waals surface area contributed by atoms with Crippen LogP contribution in [0.3, 0.4) is 0 Å². The van der Waals surface area contributed by atoms with Crippen LogP contribution in [-0.4, -0.2) is 11.5 Å². The van der Waals surface area contributed by atoms with Gasteiger partial charge in [-0.05, 0) is 10.8 Å². The topological polar surface area (TPSA) is 17.1 Å². The third-order valence-corrected chi connectivity index (χ3v) is 3.85. The van der Waals surface area contributed by atoms with Gasteiger partial charge in [0, 0.05) is 11.3 Å². The number of ketones is 1. The molecule has 1 aliphatic rings. The molecule has 1 aliphatic heterocycles. The van der Waals surface area contributed by atoms with Crippen molar-refractivity contribution in [2.75, 3.05) is 5.75 Å². The van der Waals surface area contributed by atoms with E-state index in [9.17, 15) is 4.79 Å². The second-order valence-electron chi connectivity index (χ2n) is 3.14. The van der Waals surface area contributed by atoms with Crippen LogP contribution in [0.15, 0.2) is 53.3 Å². The van der Waals surface area contributed by atoms with E-state index in [0.717, 1.165) is 5.56 Å². The van der Waals surface area contributed by atoms with Crippen LogP contribution in [0.4, 0.5) is 0 Å². The van der Waals surface area contributed by atoms with Crippen LogP contribution >= 0.6 is 10.9 Å². The number of rotatable bonds is 3. The second kappa shape index (κ2) is 4.29. The molecule has 0 bridgehead atoms. The quantitative estimate of drug-likeness (QED) is 0.591. The van der Waals surface area contributed by atoms with Crippen LogP contribution in [0.2, 0.25) is 0 Å². The van der Waals surface area contributed by atoms with Crippen molar-refractivity contribution in [1.29, 1.82) is 0 Å². The molecule has 0 aromatic heterocycles. The first-order valence-electron chi connectivity index (χ1n) is 4.55. The zero-order chi connectivity index (χ0) is 9.80. The maximum atomic E-state index is 11.7. The number of thiol groups is 1. The monoisotopic (exact) mass is 204 g/mol. The Kier molecular flexibility index (Phi) is 2.84. The molecule has 2 heteroatoms. The van der Waals surface area contributed by atoms with Crippen molar-refractivity contribution >= 4 is 16.7 Å². The minimum atomic E-state index is -0.319. The van der Waals surface area contributed by atoms with Crippen molar-refractivity contribution in [3.05, 3.63) is 58.9 Å². The van der Waals surface area contributed by atoms with Crippen LogP contribution < -0.4 is 0 Å². The van der Waals surface area contributed by atoms with Gasteiger partial charge in [0.1, 0.15) is 0 Å². The van der Waals surface area contributed by atoms with Crippen LogP contribution in [0.1, 0.15) is 10.4 Å². The molecule has 0 fully saturated rings. The Bertz CT molecular complexity index is 367. The average molecular weight is 204 g/mol. The summed E-state index contributed by atoms with van der Waals surface area (Å²) in [6.07, 6.45) is 4.04. The van der Waals surface area contributed by atoms with Crippen molar-refractivity contribution in [2.24, 2.45) is 0 Å². The number of Topliss-reactive ketones (excluding diaryl/α,β-unsaturated/α-hetero) is 1. The van der Waals surface area contributed by atoms with Crippen molar-refractivity contribution in [2.45, 2.75) is 0 Å². The summed E-state index contributed by atoms with van der Waals surface area (Å²) < 4.78 is 0. The summed E-state index contributed by atoms with van der Waals surface area (Å²) in [6, 6.07) is 9.49. The van der Waals surface area contributed by atoms with E-state index in [0.29, 0.717) is 5.75 Å². The van der Waals surface area contributed by atoms with E-state index in [1.54, 1.807) is 0 Å². The molecule has 0 saturated heterocycles. The van der Waals surface area contributed by atoms with Crippen LogP contribution in [0.5, 0.6) is 0 Å². The highest BCUT2D eigenvalue weighted by molar-refractivity contribution is 8.22. The van der Waals surface area contributed by atoms with Crippen LogP contribution in [0, 0.1) is 0 Å². The molecule has 0 atom stereocenters. The Hall–Kier alpha value is -1.28. The fraction of sp³-hybridized carbons (Fsp3) is 0.0833. The molecule has 1 aromatic carbocycles. The summed E-state index contributed by atoms with van der Waals surface area (Å²) in [7, 11) is -0.319. The van der Waals surface area contributed by atoms with Gasteiger partial charge in [-0.2, -0.15) is 0 Å². The molecule has 1 heterocycles. The zero-order valence-corrected chi connectivity index (χ0v) is 8.65. The molecule has 14 heavy (non-hydrogen) atoms. The lowest BCUT2D eigenvalue weighted by Gasteiger charge is -2.08. The molecule has 0 unspecified atom stereocenters. The summed E-state index contributed by atoms with van der Waals surface area (Å²) in [5.41, 5.74) is 0.823. The van der Waals surface area contributed by atoms with Gasteiger partial charge in [-0.15, -0.1) is 0 Å². The summed E-state index contributed by atoms with van der Waals surface area (Å²) in [6.45, 7) is 0. The maximum absolute atomic E-state index is 11.7. The fourth-order valence-electron chi connectivity index (χ4n) is 1.36. The van der Waals surface area contributed by atoms with Gasteiger partial charge in [0.15, 0.2) is 5.78 Å². The number of benzene rings is 1. The lowest BCUT2D eigenvalue weighted by atomic mass is 10.2. The Morgan fingerprint density at radius 2 is 1.71 bits per heavy atom. The van der Waals surface area contributed by atoms with Crippen molar-refractivity contribution in [3.8, 4) is 0 Å².